The van der Waals surface area contributed by atoms with Gasteiger partial charge in [-0.25, -0.2) is 4.68 Å². The lowest BCUT2D eigenvalue weighted by atomic mass is 10.1. The van der Waals surface area contributed by atoms with Gasteiger partial charge in [0.05, 0.1) is 33.0 Å². The fraction of sp³-hybridized carbons (Fsp3) is 0.250. The van der Waals surface area contributed by atoms with Crippen LogP contribution in [0.5, 0.6) is 11.5 Å². The molecule has 0 fully saturated rings. The van der Waals surface area contributed by atoms with Crippen LogP contribution in [0.2, 0.25) is 0 Å². The molecule has 0 aliphatic heterocycles. The van der Waals surface area contributed by atoms with E-state index in [4.69, 9.17) is 9.47 Å². The molecular weight excluding hydrogens is 344 g/mol. The minimum Gasteiger partial charge on any atom is -0.497 e. The Morgan fingerprint density at radius 1 is 1.15 bits per heavy atom. The van der Waals surface area contributed by atoms with E-state index in [2.05, 4.69) is 15.6 Å². The molecule has 1 aromatic heterocycles. The van der Waals surface area contributed by atoms with Gasteiger partial charge in [-0.05, 0) is 24.6 Å². The lowest BCUT2D eigenvalue weighted by Gasteiger charge is -2.17. The van der Waals surface area contributed by atoms with Crippen LogP contribution in [0.3, 0.4) is 0 Å². The molecule has 0 bridgehead atoms. The second kappa shape index (κ2) is 8.35. The average molecular weight is 366 g/mol. The highest BCUT2D eigenvalue weighted by Crippen LogP contribution is 2.29. The summed E-state index contributed by atoms with van der Waals surface area (Å²) in [4.78, 5) is 12.5. The zero-order valence-electron chi connectivity index (χ0n) is 15.5. The number of ether oxygens (including phenoxy) is 2. The number of benzene rings is 2. The van der Waals surface area contributed by atoms with Gasteiger partial charge in [0.25, 0.3) is 5.91 Å². The highest BCUT2D eigenvalue weighted by Gasteiger charge is 2.18. The number of hydrogen-bond donors (Lipinski definition) is 1. The standard InChI is InChI=1S/C20H22N4O3/c1-14(17-10-9-16(26-2)11-19(17)27-3)21-20(25)18-13-24(23-22-18)12-15-7-5-4-6-8-15/h4-11,13-14H,12H2,1-3H3,(H,21,25). The largest absolute Gasteiger partial charge is 0.497 e. The first kappa shape index (κ1) is 18.4. The molecule has 0 saturated heterocycles. The summed E-state index contributed by atoms with van der Waals surface area (Å²) in [7, 11) is 3.18. The van der Waals surface area contributed by atoms with Gasteiger partial charge in [0.15, 0.2) is 5.69 Å². The third-order valence-electron chi connectivity index (χ3n) is 4.21. The van der Waals surface area contributed by atoms with Crippen LogP contribution in [0.25, 0.3) is 0 Å². The smallest absolute Gasteiger partial charge is 0.273 e. The van der Waals surface area contributed by atoms with Gasteiger partial charge in [0, 0.05) is 11.6 Å². The minimum absolute atomic E-state index is 0.266. The zero-order chi connectivity index (χ0) is 19.2. The predicted molar refractivity (Wildman–Crippen MR) is 101 cm³/mol. The second-order valence-electron chi connectivity index (χ2n) is 6.09. The molecule has 0 radical (unpaired) electrons. The van der Waals surface area contributed by atoms with Crippen molar-refractivity contribution in [2.45, 2.75) is 19.5 Å². The Hall–Kier alpha value is -3.35. The summed E-state index contributed by atoms with van der Waals surface area (Å²) < 4.78 is 12.3. The third kappa shape index (κ3) is 4.44. The summed E-state index contributed by atoms with van der Waals surface area (Å²) in [5.74, 6) is 1.05. The number of amides is 1. The molecule has 3 rings (SSSR count). The van der Waals surface area contributed by atoms with Crippen molar-refractivity contribution in [2.24, 2.45) is 0 Å². The Labute approximate surface area is 157 Å². The van der Waals surface area contributed by atoms with Crippen molar-refractivity contribution in [3.63, 3.8) is 0 Å². The predicted octanol–water partition coefficient (Wildman–Crippen LogP) is 2.83. The fourth-order valence-electron chi connectivity index (χ4n) is 2.77. The maximum absolute atomic E-state index is 12.5. The van der Waals surface area contributed by atoms with Crippen LogP contribution in [0.1, 0.15) is 34.6 Å². The van der Waals surface area contributed by atoms with E-state index in [0.717, 1.165) is 11.1 Å². The molecule has 0 spiro atoms. The van der Waals surface area contributed by atoms with E-state index >= 15 is 0 Å². The van der Waals surface area contributed by atoms with Gasteiger partial charge < -0.3 is 14.8 Å². The number of rotatable bonds is 7. The van der Waals surface area contributed by atoms with Crippen molar-refractivity contribution in [3.8, 4) is 11.5 Å². The molecule has 140 valence electrons. The molecule has 1 atom stereocenters. The van der Waals surface area contributed by atoms with E-state index in [-0.39, 0.29) is 17.6 Å². The SMILES string of the molecule is COc1ccc(C(C)NC(=O)c2cn(Cc3ccccc3)nn2)c(OC)c1. The number of aromatic nitrogens is 3. The number of carbonyl (C=O) groups is 1. The van der Waals surface area contributed by atoms with E-state index in [1.165, 1.54) is 0 Å². The van der Waals surface area contributed by atoms with Crippen LogP contribution in [0.15, 0.2) is 54.7 Å². The van der Waals surface area contributed by atoms with E-state index in [0.29, 0.717) is 18.0 Å². The minimum atomic E-state index is -0.292. The fourth-order valence-corrected chi connectivity index (χ4v) is 2.77. The highest BCUT2D eigenvalue weighted by atomic mass is 16.5. The van der Waals surface area contributed by atoms with Crippen molar-refractivity contribution < 1.29 is 14.3 Å². The normalized spacial score (nSPS) is 11.7. The van der Waals surface area contributed by atoms with Crippen LogP contribution >= 0.6 is 0 Å². The molecule has 0 aliphatic carbocycles. The third-order valence-corrected chi connectivity index (χ3v) is 4.21. The molecule has 2 aromatic carbocycles. The maximum Gasteiger partial charge on any atom is 0.273 e. The summed E-state index contributed by atoms with van der Waals surface area (Å²) in [5, 5.41) is 10.9. The first-order valence-corrected chi connectivity index (χ1v) is 8.57. The van der Waals surface area contributed by atoms with Gasteiger partial charge in [-0.2, -0.15) is 0 Å². The maximum atomic E-state index is 12.5. The van der Waals surface area contributed by atoms with Crippen molar-refractivity contribution in [1.82, 2.24) is 20.3 Å². The molecule has 27 heavy (non-hydrogen) atoms. The van der Waals surface area contributed by atoms with Crippen LogP contribution in [0, 0.1) is 0 Å². The highest BCUT2D eigenvalue weighted by molar-refractivity contribution is 5.92. The molecule has 0 saturated carbocycles. The molecule has 1 amide bonds. The lowest BCUT2D eigenvalue weighted by molar-refractivity contribution is 0.0934. The van der Waals surface area contributed by atoms with Crippen LogP contribution in [-0.2, 0) is 6.54 Å². The Morgan fingerprint density at radius 2 is 1.93 bits per heavy atom. The van der Waals surface area contributed by atoms with E-state index in [1.54, 1.807) is 31.2 Å². The molecule has 1 heterocycles. The molecule has 3 aromatic rings. The molecule has 7 nitrogen and oxygen atoms in total. The summed E-state index contributed by atoms with van der Waals surface area (Å²) in [5.41, 5.74) is 2.21. The van der Waals surface area contributed by atoms with E-state index in [1.807, 2.05) is 49.4 Å². The van der Waals surface area contributed by atoms with Crippen molar-refractivity contribution in [1.29, 1.82) is 0 Å². The zero-order valence-corrected chi connectivity index (χ0v) is 15.5. The van der Waals surface area contributed by atoms with E-state index in [9.17, 15) is 4.79 Å². The van der Waals surface area contributed by atoms with Crippen LogP contribution in [0.4, 0.5) is 0 Å². The monoisotopic (exact) mass is 366 g/mol. The Kier molecular flexibility index (Phi) is 5.71. The van der Waals surface area contributed by atoms with Gasteiger partial charge in [-0.1, -0.05) is 35.5 Å². The summed E-state index contributed by atoms with van der Waals surface area (Å²) >= 11 is 0. The number of nitrogens with zero attached hydrogens (tertiary/aromatic N) is 3. The van der Waals surface area contributed by atoms with Gasteiger partial charge in [0.2, 0.25) is 0 Å². The van der Waals surface area contributed by atoms with Gasteiger partial charge in [-0.3, -0.25) is 4.79 Å². The molecular formula is C20H22N4O3. The Bertz CT molecular complexity index is 909. The Balaban J connectivity index is 1.68. The van der Waals surface area contributed by atoms with Crippen molar-refractivity contribution in [2.75, 3.05) is 14.2 Å². The summed E-state index contributed by atoms with van der Waals surface area (Å²) in [6, 6.07) is 15.1. The topological polar surface area (TPSA) is 78.3 Å². The van der Waals surface area contributed by atoms with E-state index < -0.39 is 0 Å². The first-order chi connectivity index (χ1) is 13.1. The molecule has 0 aliphatic rings. The molecule has 1 unspecified atom stereocenters. The molecule has 7 heteroatoms. The number of methoxy groups -OCH3 is 2. The van der Waals surface area contributed by atoms with Crippen molar-refractivity contribution >= 4 is 5.91 Å². The van der Waals surface area contributed by atoms with Gasteiger partial charge in [-0.15, -0.1) is 5.10 Å². The summed E-state index contributed by atoms with van der Waals surface area (Å²) in [6.45, 7) is 2.44. The first-order valence-electron chi connectivity index (χ1n) is 8.57. The number of carbonyl (C=O) groups excluding carboxylic acids is 1. The van der Waals surface area contributed by atoms with Gasteiger partial charge >= 0.3 is 0 Å². The van der Waals surface area contributed by atoms with Crippen LogP contribution in [-0.4, -0.2) is 35.1 Å². The lowest BCUT2D eigenvalue weighted by Crippen LogP contribution is -2.27. The summed E-state index contributed by atoms with van der Waals surface area (Å²) in [6.07, 6.45) is 1.64. The van der Waals surface area contributed by atoms with Gasteiger partial charge in [0.1, 0.15) is 11.5 Å². The quantitative estimate of drug-likeness (QED) is 0.696. The Morgan fingerprint density at radius 3 is 2.63 bits per heavy atom. The van der Waals surface area contributed by atoms with Crippen LogP contribution < -0.4 is 14.8 Å². The second-order valence-corrected chi connectivity index (χ2v) is 6.09. The molecule has 1 N–H and O–H groups in total. The van der Waals surface area contributed by atoms with Crippen molar-refractivity contribution in [3.05, 3.63) is 71.5 Å². The number of nitrogens with one attached hydrogen (secondary N) is 1. The average Bonchev–Trinajstić information content (AvgIpc) is 3.16. The number of hydrogen-bond acceptors (Lipinski definition) is 5.